The van der Waals surface area contributed by atoms with E-state index in [9.17, 15) is 13.2 Å². The van der Waals surface area contributed by atoms with Crippen LogP contribution in [0.3, 0.4) is 0 Å². The molecule has 1 aromatic carbocycles. The molecule has 0 saturated heterocycles. The number of hydrogen-bond acceptors (Lipinski definition) is 1. The maximum absolute atomic E-state index is 12.9. The van der Waals surface area contributed by atoms with Crippen LogP contribution in [-0.2, 0) is 6.18 Å². The predicted molar refractivity (Wildman–Crippen MR) is 78.8 cm³/mol. The van der Waals surface area contributed by atoms with E-state index < -0.39 is 11.7 Å². The summed E-state index contributed by atoms with van der Waals surface area (Å²) in [6.45, 7) is 0.533. The Morgan fingerprint density at radius 1 is 1.20 bits per heavy atom. The van der Waals surface area contributed by atoms with Crippen molar-refractivity contribution in [2.45, 2.75) is 38.3 Å². The van der Waals surface area contributed by atoms with E-state index in [0.717, 1.165) is 25.3 Å². The van der Waals surface area contributed by atoms with Crippen LogP contribution < -0.4 is 5.32 Å². The van der Waals surface area contributed by atoms with Crippen molar-refractivity contribution >= 4 is 21.6 Å². The summed E-state index contributed by atoms with van der Waals surface area (Å²) >= 11 is 3.21. The Morgan fingerprint density at radius 2 is 2.00 bits per heavy atom. The summed E-state index contributed by atoms with van der Waals surface area (Å²) in [5, 5.41) is 2.92. The van der Waals surface area contributed by atoms with Crippen molar-refractivity contribution in [3.63, 3.8) is 0 Å². The van der Waals surface area contributed by atoms with Crippen LogP contribution in [0.1, 0.15) is 37.7 Å². The highest BCUT2D eigenvalue weighted by molar-refractivity contribution is 9.10. The second kappa shape index (κ2) is 6.66. The van der Waals surface area contributed by atoms with Crippen molar-refractivity contribution in [1.82, 2.24) is 0 Å². The van der Waals surface area contributed by atoms with Crippen molar-refractivity contribution < 1.29 is 13.2 Å². The molecular formula is C15H17BrF3N. The van der Waals surface area contributed by atoms with Gasteiger partial charge in [0.05, 0.1) is 5.56 Å². The molecule has 110 valence electrons. The third kappa shape index (κ3) is 4.27. The van der Waals surface area contributed by atoms with Crippen molar-refractivity contribution in [3.05, 3.63) is 39.9 Å². The Kier molecular flexibility index (Phi) is 5.13. The van der Waals surface area contributed by atoms with E-state index in [1.807, 2.05) is 0 Å². The maximum Gasteiger partial charge on any atom is 0.418 e. The van der Waals surface area contributed by atoms with Gasteiger partial charge >= 0.3 is 6.18 Å². The van der Waals surface area contributed by atoms with E-state index in [0.29, 0.717) is 11.0 Å². The predicted octanol–water partition coefficient (Wildman–Crippen LogP) is 5.77. The molecule has 0 unspecified atom stereocenters. The number of allylic oxidation sites excluding steroid dienone is 1. The summed E-state index contributed by atoms with van der Waals surface area (Å²) < 4.78 is 39.3. The second-order valence-electron chi connectivity index (χ2n) is 4.97. The molecule has 1 aliphatic carbocycles. The van der Waals surface area contributed by atoms with Gasteiger partial charge in [-0.05, 0) is 50.3 Å². The largest absolute Gasteiger partial charge is 0.418 e. The Balaban J connectivity index is 2.01. The van der Waals surface area contributed by atoms with E-state index in [1.165, 1.54) is 30.5 Å². The molecule has 0 aromatic heterocycles. The molecule has 1 aliphatic rings. The first-order valence-corrected chi connectivity index (χ1v) is 7.54. The fourth-order valence-electron chi connectivity index (χ4n) is 2.40. The third-order valence-electron chi connectivity index (χ3n) is 3.43. The van der Waals surface area contributed by atoms with Gasteiger partial charge in [-0.15, -0.1) is 0 Å². The fourth-order valence-corrected chi connectivity index (χ4v) is 2.76. The lowest BCUT2D eigenvalue weighted by molar-refractivity contribution is -0.136. The lowest BCUT2D eigenvalue weighted by atomic mass is 9.97. The van der Waals surface area contributed by atoms with Gasteiger partial charge in [0, 0.05) is 16.7 Å². The number of rotatable bonds is 4. The fraction of sp³-hybridized carbons (Fsp3) is 0.467. The van der Waals surface area contributed by atoms with E-state index in [4.69, 9.17) is 0 Å². The molecule has 0 bridgehead atoms. The molecule has 2 rings (SSSR count). The lowest BCUT2D eigenvalue weighted by Gasteiger charge is -2.17. The molecular weight excluding hydrogens is 331 g/mol. The average molecular weight is 348 g/mol. The van der Waals surface area contributed by atoms with Crippen LogP contribution in [0.4, 0.5) is 18.9 Å². The zero-order chi connectivity index (χ0) is 14.6. The number of hydrogen-bond donors (Lipinski definition) is 1. The number of halogens is 4. The minimum absolute atomic E-state index is 0.142. The number of benzene rings is 1. The van der Waals surface area contributed by atoms with Gasteiger partial charge in [0.15, 0.2) is 0 Å². The molecule has 5 heteroatoms. The molecule has 0 spiro atoms. The molecule has 0 heterocycles. The molecule has 0 amide bonds. The Hall–Kier alpha value is -0.970. The first-order chi connectivity index (χ1) is 9.47. The minimum atomic E-state index is -4.33. The van der Waals surface area contributed by atoms with Gasteiger partial charge in [0.25, 0.3) is 0 Å². The molecule has 1 nitrogen and oxygen atoms in total. The van der Waals surface area contributed by atoms with Crippen molar-refractivity contribution in [2.24, 2.45) is 0 Å². The number of nitrogens with one attached hydrogen (secondary N) is 1. The van der Waals surface area contributed by atoms with Gasteiger partial charge in [-0.2, -0.15) is 13.2 Å². The van der Waals surface area contributed by atoms with E-state index in [2.05, 4.69) is 27.3 Å². The minimum Gasteiger partial charge on any atom is -0.384 e. The molecule has 0 fully saturated rings. The van der Waals surface area contributed by atoms with E-state index >= 15 is 0 Å². The van der Waals surface area contributed by atoms with Crippen LogP contribution in [0.25, 0.3) is 0 Å². The van der Waals surface area contributed by atoms with Gasteiger partial charge in [-0.1, -0.05) is 27.6 Å². The summed E-state index contributed by atoms with van der Waals surface area (Å²) in [6.07, 6.45) is 3.29. The van der Waals surface area contributed by atoms with E-state index in [1.54, 1.807) is 0 Å². The van der Waals surface area contributed by atoms with Crippen LogP contribution in [0, 0.1) is 0 Å². The Labute approximate surface area is 125 Å². The summed E-state index contributed by atoms with van der Waals surface area (Å²) in [5.41, 5.74) is 0.883. The van der Waals surface area contributed by atoms with Crippen molar-refractivity contribution in [2.75, 3.05) is 11.9 Å². The van der Waals surface area contributed by atoms with Crippen LogP contribution in [0.5, 0.6) is 0 Å². The summed E-state index contributed by atoms with van der Waals surface area (Å²) in [5.74, 6) is 0. The molecule has 0 atom stereocenters. The van der Waals surface area contributed by atoms with Gasteiger partial charge < -0.3 is 5.32 Å². The van der Waals surface area contributed by atoms with Crippen molar-refractivity contribution in [1.29, 1.82) is 0 Å². The molecule has 1 N–H and O–H groups in total. The first-order valence-electron chi connectivity index (χ1n) is 6.75. The van der Waals surface area contributed by atoms with Gasteiger partial charge in [-0.25, -0.2) is 0 Å². The molecule has 0 saturated carbocycles. The normalized spacial score (nSPS) is 15.9. The highest BCUT2D eigenvalue weighted by Crippen LogP contribution is 2.36. The zero-order valence-electron chi connectivity index (χ0n) is 11.1. The van der Waals surface area contributed by atoms with Crippen LogP contribution in [0.2, 0.25) is 0 Å². The van der Waals surface area contributed by atoms with E-state index in [-0.39, 0.29) is 5.69 Å². The SMILES string of the molecule is FC(F)(F)c1ccc(Br)cc1NCCC1=CCCCC1. The topological polar surface area (TPSA) is 12.0 Å². The van der Waals surface area contributed by atoms with Crippen LogP contribution >= 0.6 is 15.9 Å². The summed E-state index contributed by atoms with van der Waals surface area (Å²) in [7, 11) is 0. The maximum atomic E-state index is 12.9. The quantitative estimate of drug-likeness (QED) is 0.681. The Bertz CT molecular complexity index is 494. The van der Waals surface area contributed by atoms with Crippen molar-refractivity contribution in [3.8, 4) is 0 Å². The first kappa shape index (κ1) is 15.4. The zero-order valence-corrected chi connectivity index (χ0v) is 12.6. The molecule has 20 heavy (non-hydrogen) atoms. The van der Waals surface area contributed by atoms with Gasteiger partial charge in [0.2, 0.25) is 0 Å². The standard InChI is InChI=1S/C15H17BrF3N/c16-12-6-7-13(15(17,18)19)14(10-12)20-9-8-11-4-2-1-3-5-11/h4,6-7,10,20H,1-3,5,8-9H2. The summed E-state index contributed by atoms with van der Waals surface area (Å²) in [4.78, 5) is 0. The van der Waals surface area contributed by atoms with Crippen LogP contribution in [-0.4, -0.2) is 6.54 Å². The molecule has 0 radical (unpaired) electrons. The number of alkyl halides is 3. The summed E-state index contributed by atoms with van der Waals surface area (Å²) in [6, 6.07) is 4.00. The average Bonchev–Trinajstić information content (AvgIpc) is 2.38. The van der Waals surface area contributed by atoms with Gasteiger partial charge in [-0.3, -0.25) is 0 Å². The van der Waals surface area contributed by atoms with Gasteiger partial charge in [0.1, 0.15) is 0 Å². The third-order valence-corrected chi connectivity index (χ3v) is 3.93. The molecule has 1 aromatic rings. The smallest absolute Gasteiger partial charge is 0.384 e. The lowest BCUT2D eigenvalue weighted by Crippen LogP contribution is -2.12. The monoisotopic (exact) mass is 347 g/mol. The number of anilines is 1. The van der Waals surface area contributed by atoms with Crippen LogP contribution in [0.15, 0.2) is 34.3 Å². The highest BCUT2D eigenvalue weighted by Gasteiger charge is 2.33. The second-order valence-corrected chi connectivity index (χ2v) is 5.89. The Morgan fingerprint density at radius 3 is 2.65 bits per heavy atom. The molecule has 0 aliphatic heterocycles. The highest BCUT2D eigenvalue weighted by atomic mass is 79.9.